The third-order valence-corrected chi connectivity index (χ3v) is 5.07. The predicted molar refractivity (Wildman–Crippen MR) is 94.1 cm³/mol. The summed E-state index contributed by atoms with van der Waals surface area (Å²) in [7, 11) is 0. The van der Waals surface area contributed by atoms with Gasteiger partial charge in [0.25, 0.3) is 0 Å². The maximum atomic E-state index is 13.1. The van der Waals surface area contributed by atoms with Gasteiger partial charge in [-0.25, -0.2) is 4.39 Å². The monoisotopic (exact) mass is 326 g/mol. The van der Waals surface area contributed by atoms with E-state index in [0.717, 1.165) is 36.1 Å². The molecule has 3 N–H and O–H groups in total. The second kappa shape index (κ2) is 7.04. The van der Waals surface area contributed by atoms with E-state index in [2.05, 4.69) is 5.32 Å². The molecule has 0 aliphatic heterocycles. The minimum Gasteiger partial charge on any atom is -0.399 e. The van der Waals surface area contributed by atoms with Gasteiger partial charge in [-0.2, -0.15) is 0 Å². The minimum absolute atomic E-state index is 0.0326. The maximum Gasteiger partial charge on any atom is 0.220 e. The highest BCUT2D eigenvalue weighted by molar-refractivity contribution is 5.76. The number of carbonyl (C=O) groups excluding carboxylic acids is 1. The topological polar surface area (TPSA) is 55.1 Å². The summed E-state index contributed by atoms with van der Waals surface area (Å²) in [6.07, 6.45) is 4.28. The van der Waals surface area contributed by atoms with Crippen molar-refractivity contribution in [2.24, 2.45) is 0 Å². The lowest BCUT2D eigenvalue weighted by molar-refractivity contribution is -0.121. The zero-order chi connectivity index (χ0) is 17.0. The molecule has 0 bridgehead atoms. The van der Waals surface area contributed by atoms with Crippen LogP contribution in [0.15, 0.2) is 48.5 Å². The van der Waals surface area contributed by atoms with Crippen LogP contribution in [0.25, 0.3) is 0 Å². The lowest BCUT2D eigenvalue weighted by Crippen LogP contribution is -2.45. The van der Waals surface area contributed by atoms with Gasteiger partial charge >= 0.3 is 0 Å². The lowest BCUT2D eigenvalue weighted by Gasteiger charge is -2.42. The van der Waals surface area contributed by atoms with Gasteiger partial charge in [-0.3, -0.25) is 4.79 Å². The Bertz CT molecular complexity index is 708. The van der Waals surface area contributed by atoms with Crippen LogP contribution >= 0.6 is 0 Å². The van der Waals surface area contributed by atoms with Gasteiger partial charge in [-0.05, 0) is 48.6 Å². The van der Waals surface area contributed by atoms with Crippen molar-refractivity contribution < 1.29 is 9.18 Å². The van der Waals surface area contributed by atoms with Crippen LogP contribution in [0.5, 0.6) is 0 Å². The van der Waals surface area contributed by atoms with E-state index < -0.39 is 0 Å². The number of rotatable bonds is 6. The molecule has 0 saturated heterocycles. The zero-order valence-electron chi connectivity index (χ0n) is 13.7. The number of aryl methyl sites for hydroxylation is 1. The number of nitrogens with two attached hydrogens (primary N) is 1. The Kier molecular flexibility index (Phi) is 4.84. The zero-order valence-corrected chi connectivity index (χ0v) is 13.7. The van der Waals surface area contributed by atoms with Crippen LogP contribution in [0.3, 0.4) is 0 Å². The number of halogens is 1. The summed E-state index contributed by atoms with van der Waals surface area (Å²) in [6.45, 7) is 0.613. The summed E-state index contributed by atoms with van der Waals surface area (Å²) in [6, 6.07) is 14.3. The number of anilines is 1. The van der Waals surface area contributed by atoms with E-state index in [0.29, 0.717) is 19.4 Å². The number of nitrogens with one attached hydrogen (secondary N) is 1. The van der Waals surface area contributed by atoms with E-state index in [4.69, 9.17) is 5.73 Å². The largest absolute Gasteiger partial charge is 0.399 e. The summed E-state index contributed by atoms with van der Waals surface area (Å²) in [4.78, 5) is 12.2. The van der Waals surface area contributed by atoms with Gasteiger partial charge in [0, 0.05) is 24.1 Å². The fourth-order valence-electron chi connectivity index (χ4n) is 3.34. The quantitative estimate of drug-likeness (QED) is 0.797. The number of amides is 1. The summed E-state index contributed by atoms with van der Waals surface area (Å²) < 4.78 is 13.1. The van der Waals surface area contributed by atoms with Crippen molar-refractivity contribution in [3.05, 3.63) is 65.5 Å². The van der Waals surface area contributed by atoms with Crippen molar-refractivity contribution in [3.63, 3.8) is 0 Å². The molecule has 4 heteroatoms. The normalized spacial score (nSPS) is 15.5. The Morgan fingerprint density at radius 3 is 2.46 bits per heavy atom. The van der Waals surface area contributed by atoms with Gasteiger partial charge in [0.15, 0.2) is 0 Å². The van der Waals surface area contributed by atoms with E-state index in [9.17, 15) is 9.18 Å². The molecule has 0 spiro atoms. The van der Waals surface area contributed by atoms with Crippen LogP contribution < -0.4 is 11.1 Å². The molecule has 3 rings (SSSR count). The lowest BCUT2D eigenvalue weighted by atomic mass is 9.64. The van der Waals surface area contributed by atoms with E-state index in [-0.39, 0.29) is 17.1 Å². The molecule has 1 aliphatic carbocycles. The molecule has 3 nitrogen and oxygen atoms in total. The number of carbonyl (C=O) groups is 1. The van der Waals surface area contributed by atoms with Gasteiger partial charge in [-0.15, -0.1) is 0 Å². The second-order valence-corrected chi connectivity index (χ2v) is 6.62. The Morgan fingerprint density at radius 2 is 1.83 bits per heavy atom. The van der Waals surface area contributed by atoms with Gasteiger partial charge in [0.2, 0.25) is 5.91 Å². The summed E-state index contributed by atoms with van der Waals surface area (Å²) >= 11 is 0. The fourth-order valence-corrected chi connectivity index (χ4v) is 3.34. The van der Waals surface area contributed by atoms with Crippen molar-refractivity contribution >= 4 is 11.6 Å². The van der Waals surface area contributed by atoms with E-state index >= 15 is 0 Å². The Labute approximate surface area is 142 Å². The highest BCUT2D eigenvalue weighted by Crippen LogP contribution is 2.43. The van der Waals surface area contributed by atoms with Gasteiger partial charge in [-0.1, -0.05) is 36.8 Å². The molecule has 0 heterocycles. The summed E-state index contributed by atoms with van der Waals surface area (Å²) in [5, 5.41) is 3.05. The van der Waals surface area contributed by atoms with Gasteiger partial charge < -0.3 is 11.1 Å². The molecule has 126 valence electrons. The van der Waals surface area contributed by atoms with Crippen molar-refractivity contribution in [2.75, 3.05) is 12.3 Å². The average molecular weight is 326 g/mol. The molecular formula is C20H23FN2O. The first-order valence-electron chi connectivity index (χ1n) is 8.45. The second-order valence-electron chi connectivity index (χ2n) is 6.62. The third kappa shape index (κ3) is 3.58. The Hall–Kier alpha value is -2.36. The van der Waals surface area contributed by atoms with Crippen LogP contribution in [-0.2, 0) is 16.6 Å². The van der Waals surface area contributed by atoms with Crippen LogP contribution in [0, 0.1) is 5.82 Å². The average Bonchev–Trinajstić information content (AvgIpc) is 2.54. The molecule has 1 saturated carbocycles. The van der Waals surface area contributed by atoms with E-state index in [1.165, 1.54) is 12.1 Å². The minimum atomic E-state index is -0.224. The Balaban J connectivity index is 1.55. The number of hydrogen-bond acceptors (Lipinski definition) is 2. The number of benzene rings is 2. The van der Waals surface area contributed by atoms with Crippen LogP contribution in [-0.4, -0.2) is 12.5 Å². The fraction of sp³-hybridized carbons (Fsp3) is 0.350. The molecule has 1 fully saturated rings. The van der Waals surface area contributed by atoms with Gasteiger partial charge in [0.05, 0.1) is 0 Å². The number of nitrogen functional groups attached to an aromatic ring is 1. The molecule has 24 heavy (non-hydrogen) atoms. The van der Waals surface area contributed by atoms with E-state index in [1.54, 1.807) is 0 Å². The predicted octanol–water partition coefficient (Wildman–Crippen LogP) is 3.58. The maximum absolute atomic E-state index is 13.1. The Morgan fingerprint density at radius 1 is 1.12 bits per heavy atom. The molecule has 1 amide bonds. The van der Waals surface area contributed by atoms with E-state index in [1.807, 2.05) is 36.4 Å². The highest BCUT2D eigenvalue weighted by Gasteiger charge is 2.38. The van der Waals surface area contributed by atoms with Crippen molar-refractivity contribution in [2.45, 2.75) is 37.5 Å². The highest BCUT2D eigenvalue weighted by atomic mass is 19.1. The van der Waals surface area contributed by atoms with Crippen molar-refractivity contribution in [1.29, 1.82) is 0 Å². The van der Waals surface area contributed by atoms with Crippen molar-refractivity contribution in [1.82, 2.24) is 5.32 Å². The molecule has 0 aromatic heterocycles. The molecular weight excluding hydrogens is 303 g/mol. The molecule has 0 unspecified atom stereocenters. The van der Waals surface area contributed by atoms with Crippen LogP contribution in [0.4, 0.5) is 10.1 Å². The molecule has 1 aliphatic rings. The first kappa shape index (κ1) is 16.5. The standard InChI is InChI=1S/C20H23FN2O/c21-17-9-7-16(8-10-17)20(12-3-13-20)14-23-19(24)11-6-15-4-1-2-5-18(15)22/h1-2,4-5,7-10H,3,6,11-14,22H2,(H,23,24). The SMILES string of the molecule is Nc1ccccc1CCC(=O)NCC1(c2ccc(F)cc2)CCC1. The smallest absolute Gasteiger partial charge is 0.220 e. The summed E-state index contributed by atoms with van der Waals surface area (Å²) in [5.41, 5.74) is 8.72. The number of hydrogen-bond donors (Lipinski definition) is 2. The summed E-state index contributed by atoms with van der Waals surface area (Å²) in [5.74, 6) is -0.190. The molecule has 0 radical (unpaired) electrons. The number of para-hydroxylation sites is 1. The van der Waals surface area contributed by atoms with Crippen molar-refractivity contribution in [3.8, 4) is 0 Å². The van der Waals surface area contributed by atoms with Gasteiger partial charge in [0.1, 0.15) is 5.82 Å². The molecule has 2 aromatic carbocycles. The first-order chi connectivity index (χ1) is 11.6. The molecule has 2 aromatic rings. The van der Waals surface area contributed by atoms with Crippen LogP contribution in [0.2, 0.25) is 0 Å². The van der Waals surface area contributed by atoms with Crippen LogP contribution in [0.1, 0.15) is 36.8 Å². The first-order valence-corrected chi connectivity index (χ1v) is 8.45. The molecule has 0 atom stereocenters. The third-order valence-electron chi connectivity index (χ3n) is 5.07.